The van der Waals surface area contributed by atoms with Crippen LogP contribution in [0.4, 0.5) is 0 Å². The van der Waals surface area contributed by atoms with Crippen LogP contribution < -0.4 is 0 Å². The summed E-state index contributed by atoms with van der Waals surface area (Å²) in [6.45, 7) is 14.2. The van der Waals surface area contributed by atoms with Crippen molar-refractivity contribution < 1.29 is 0 Å². The zero-order valence-electron chi connectivity index (χ0n) is 34.9. The molecule has 0 saturated heterocycles. The predicted octanol–water partition coefficient (Wildman–Crippen LogP) is 16.2. The van der Waals surface area contributed by atoms with E-state index in [1.807, 2.05) is 0 Å². The van der Waals surface area contributed by atoms with Crippen LogP contribution in [0, 0.1) is 0 Å². The second-order valence-electron chi connectivity index (χ2n) is 19.3. The van der Waals surface area contributed by atoms with Crippen LogP contribution in [0.3, 0.4) is 0 Å². The molecule has 60 heavy (non-hydrogen) atoms. The van der Waals surface area contributed by atoms with E-state index in [2.05, 4.69) is 208 Å². The smallest absolute Gasteiger partial charge is 0.0620 e. The van der Waals surface area contributed by atoms with E-state index in [9.17, 15) is 0 Å². The SMILES string of the molecule is CC(C)(C)c1ccccc1-c1c2cc3c4cccc5c6ccccc6n(c3cc2c(-c2ccccc2C(C)(C)C)c2cc3c6cccc7c8ccccc8n(c3cc12)c76)c54. The van der Waals surface area contributed by atoms with Crippen LogP contribution in [0.1, 0.15) is 52.7 Å². The number of rotatable bonds is 2. The summed E-state index contributed by atoms with van der Waals surface area (Å²) in [5.74, 6) is 0. The minimum atomic E-state index is -0.0813. The van der Waals surface area contributed by atoms with Crippen molar-refractivity contribution in [3.63, 3.8) is 0 Å². The van der Waals surface area contributed by atoms with Crippen LogP contribution in [0.25, 0.3) is 120 Å². The van der Waals surface area contributed by atoms with E-state index in [1.54, 1.807) is 0 Å². The summed E-state index contributed by atoms with van der Waals surface area (Å²) in [4.78, 5) is 0. The van der Waals surface area contributed by atoms with Crippen molar-refractivity contribution in [2.24, 2.45) is 0 Å². The molecule has 0 saturated carbocycles. The maximum atomic E-state index is 2.56. The first-order valence-electron chi connectivity index (χ1n) is 21.4. The van der Waals surface area contributed by atoms with E-state index in [-0.39, 0.29) is 10.8 Å². The van der Waals surface area contributed by atoms with Gasteiger partial charge in [0.25, 0.3) is 0 Å². The van der Waals surface area contributed by atoms with Gasteiger partial charge in [-0.05, 0) is 102 Å². The highest BCUT2D eigenvalue weighted by molar-refractivity contribution is 6.32. The third kappa shape index (κ3) is 4.28. The number of hydrogen-bond acceptors (Lipinski definition) is 0. The fourth-order valence-corrected chi connectivity index (χ4v) is 11.4. The van der Waals surface area contributed by atoms with Gasteiger partial charge in [-0.25, -0.2) is 0 Å². The molecule has 0 fully saturated rings. The molecule has 0 unspecified atom stereocenters. The molecular weight excluding hydrogens is 725 g/mol. The van der Waals surface area contributed by atoms with E-state index in [0.717, 1.165) is 0 Å². The Morgan fingerprint density at radius 1 is 0.283 bits per heavy atom. The normalized spacial score (nSPS) is 13.2. The molecule has 2 nitrogen and oxygen atoms in total. The number of nitrogens with zero attached hydrogens (tertiary/aromatic N) is 2. The molecule has 286 valence electrons. The fraction of sp³-hybridized carbons (Fsp3) is 0.138. The van der Waals surface area contributed by atoms with Crippen LogP contribution in [0.15, 0.2) is 158 Å². The second-order valence-corrected chi connectivity index (χ2v) is 19.3. The number of fused-ring (bicyclic) bond motifs is 14. The van der Waals surface area contributed by atoms with Crippen molar-refractivity contribution in [3.8, 4) is 22.3 Å². The molecule has 0 aliphatic carbocycles. The Bertz CT molecular complexity index is 3690. The van der Waals surface area contributed by atoms with E-state index in [0.29, 0.717) is 0 Å². The van der Waals surface area contributed by atoms with Gasteiger partial charge in [-0.15, -0.1) is 0 Å². The van der Waals surface area contributed by atoms with E-state index >= 15 is 0 Å². The van der Waals surface area contributed by atoms with Crippen LogP contribution in [0.2, 0.25) is 0 Å². The summed E-state index contributed by atoms with van der Waals surface area (Å²) < 4.78 is 5.09. The van der Waals surface area contributed by atoms with Crippen molar-refractivity contribution in [2.45, 2.75) is 52.4 Å². The molecule has 9 aromatic carbocycles. The summed E-state index contributed by atoms with van der Waals surface area (Å²) in [6.07, 6.45) is 0. The molecule has 4 heterocycles. The van der Waals surface area contributed by atoms with Gasteiger partial charge < -0.3 is 8.80 Å². The zero-order chi connectivity index (χ0) is 40.4. The standard InChI is InChI=1S/C58H44N2/c1-57(2,3)47-25-11-7-19-39(47)53-43-29-41-37-23-15-21-35-34-18-10-14-28-50(34)60(55(35)37)52(41)32-46(43)54(40-20-8-12-26-48(40)58(4,5)6)44-30-42-38-24-16-22-36-33-17-9-13-27-49(33)59(56(36)38)51(42)31-45(44)53/h7-32H,1-6H3. The molecule has 0 aliphatic rings. The molecule has 0 atom stereocenters. The van der Waals surface area contributed by atoms with Gasteiger partial charge in [-0.1, -0.05) is 163 Å². The molecule has 0 spiro atoms. The molecule has 4 aromatic heterocycles. The van der Waals surface area contributed by atoms with Crippen molar-refractivity contribution >= 4 is 97.7 Å². The second kappa shape index (κ2) is 11.4. The van der Waals surface area contributed by atoms with Gasteiger partial charge >= 0.3 is 0 Å². The van der Waals surface area contributed by atoms with Crippen LogP contribution >= 0.6 is 0 Å². The summed E-state index contributed by atoms with van der Waals surface area (Å²) >= 11 is 0. The highest BCUT2D eigenvalue weighted by atomic mass is 14.9. The fourth-order valence-electron chi connectivity index (χ4n) is 11.4. The number of benzene rings is 9. The summed E-state index contributed by atoms with van der Waals surface area (Å²) in [7, 11) is 0. The highest BCUT2D eigenvalue weighted by Gasteiger charge is 2.29. The first-order valence-corrected chi connectivity index (χ1v) is 21.4. The lowest BCUT2D eigenvalue weighted by molar-refractivity contribution is 0.592. The van der Waals surface area contributed by atoms with Crippen LogP contribution in [0.5, 0.6) is 0 Å². The van der Waals surface area contributed by atoms with Gasteiger partial charge in [0.15, 0.2) is 0 Å². The van der Waals surface area contributed by atoms with E-state index in [1.165, 1.54) is 131 Å². The Kier molecular flexibility index (Phi) is 6.48. The van der Waals surface area contributed by atoms with Gasteiger partial charge in [0, 0.05) is 43.1 Å². The van der Waals surface area contributed by atoms with Gasteiger partial charge in [0.2, 0.25) is 0 Å². The summed E-state index contributed by atoms with van der Waals surface area (Å²) in [5, 5.41) is 15.6. The molecular formula is C58H44N2. The van der Waals surface area contributed by atoms with Crippen LogP contribution in [-0.4, -0.2) is 8.80 Å². The van der Waals surface area contributed by atoms with E-state index < -0.39 is 0 Å². The van der Waals surface area contributed by atoms with Crippen molar-refractivity contribution in [1.29, 1.82) is 0 Å². The third-order valence-corrected chi connectivity index (χ3v) is 13.8. The number of aromatic nitrogens is 2. The highest BCUT2D eigenvalue weighted by Crippen LogP contribution is 2.52. The van der Waals surface area contributed by atoms with Gasteiger partial charge in [0.05, 0.1) is 33.1 Å². The lowest BCUT2D eigenvalue weighted by atomic mass is 9.76. The Balaban J connectivity index is 1.34. The summed E-state index contributed by atoms with van der Waals surface area (Å²) in [5.41, 5.74) is 15.4. The Morgan fingerprint density at radius 3 is 1.03 bits per heavy atom. The minimum Gasteiger partial charge on any atom is -0.308 e. The molecule has 0 radical (unpaired) electrons. The molecule has 2 heteroatoms. The molecule has 13 rings (SSSR count). The topological polar surface area (TPSA) is 8.82 Å². The average Bonchev–Trinajstić information content (AvgIpc) is 3.97. The maximum absolute atomic E-state index is 2.56. The van der Waals surface area contributed by atoms with Gasteiger partial charge in [-0.3, -0.25) is 0 Å². The van der Waals surface area contributed by atoms with Crippen LogP contribution in [-0.2, 0) is 10.8 Å². The lowest BCUT2D eigenvalue weighted by Gasteiger charge is -2.27. The van der Waals surface area contributed by atoms with Gasteiger partial charge in [0.1, 0.15) is 0 Å². The third-order valence-electron chi connectivity index (χ3n) is 13.8. The molecule has 13 aromatic rings. The first kappa shape index (κ1) is 34.0. The summed E-state index contributed by atoms with van der Waals surface area (Å²) in [6, 6.07) is 60.3. The lowest BCUT2D eigenvalue weighted by Crippen LogP contribution is -2.13. The largest absolute Gasteiger partial charge is 0.308 e. The maximum Gasteiger partial charge on any atom is 0.0620 e. The Morgan fingerprint density at radius 2 is 0.617 bits per heavy atom. The molecule has 0 N–H and O–H groups in total. The number of para-hydroxylation sites is 4. The molecule has 0 aliphatic heterocycles. The number of hydrogen-bond donors (Lipinski definition) is 0. The monoisotopic (exact) mass is 768 g/mol. The average molecular weight is 769 g/mol. The quantitative estimate of drug-likeness (QED) is 0.155. The Labute approximate surface area is 348 Å². The van der Waals surface area contributed by atoms with Gasteiger partial charge in [-0.2, -0.15) is 0 Å². The van der Waals surface area contributed by atoms with Crippen molar-refractivity contribution in [1.82, 2.24) is 8.80 Å². The Hall–Kier alpha value is -6.90. The first-order chi connectivity index (χ1) is 29.1. The van der Waals surface area contributed by atoms with Crippen molar-refractivity contribution in [2.75, 3.05) is 0 Å². The molecule has 0 bridgehead atoms. The zero-order valence-corrected chi connectivity index (χ0v) is 34.9. The predicted molar refractivity (Wildman–Crippen MR) is 259 cm³/mol. The minimum absolute atomic E-state index is 0.0813. The molecule has 0 amide bonds. The van der Waals surface area contributed by atoms with E-state index in [4.69, 9.17) is 0 Å². The van der Waals surface area contributed by atoms with Crippen molar-refractivity contribution in [3.05, 3.63) is 169 Å².